The molecule has 4 heteroatoms. The molecule has 0 unspecified atom stereocenters. The molecule has 1 N–H and O–H groups in total. The Hall–Kier alpha value is -0.120. The van der Waals surface area contributed by atoms with Crippen LogP contribution in [0.4, 0.5) is 0 Å². The molecule has 0 bridgehead atoms. The van der Waals surface area contributed by atoms with Gasteiger partial charge in [-0.1, -0.05) is 48.5 Å². The zero-order valence-electron chi connectivity index (χ0n) is 6.92. The van der Waals surface area contributed by atoms with Gasteiger partial charge in [-0.25, -0.2) is 0 Å². The van der Waals surface area contributed by atoms with Crippen LogP contribution in [0.15, 0.2) is 5.34 Å². The summed E-state index contributed by atoms with van der Waals surface area (Å²) in [6, 6.07) is 0. The number of hydrogen-bond acceptors (Lipinski definition) is 2. The van der Waals surface area contributed by atoms with Gasteiger partial charge in [-0.05, 0) is 6.42 Å². The van der Waals surface area contributed by atoms with Gasteiger partial charge in [-0.15, -0.1) is 4.91 Å². The summed E-state index contributed by atoms with van der Waals surface area (Å²) in [5.74, 6) is 0. The Morgan fingerprint density at radius 2 is 1.73 bits per heavy atom. The molecule has 0 amide bonds. The largest absolute Gasteiger partial charge is 0.379 e. The summed E-state index contributed by atoms with van der Waals surface area (Å²) in [4.78, 5) is 8.11. The second kappa shape index (κ2) is 16.5. The maximum Gasteiger partial charge on any atom is 0.152 e. The highest BCUT2D eigenvalue weighted by atomic mass is 79.9. The standard InChI is InChI=1S/C7H15Br.HNO2/c1-2-3-4-5-6-7-8;2-1-3/h2-7H2,1H3;(H,2,3). The monoisotopic (exact) mass is 225 g/mol. The first-order valence-corrected chi connectivity index (χ1v) is 4.98. The van der Waals surface area contributed by atoms with Crippen LogP contribution in [0.1, 0.15) is 39.0 Å². The van der Waals surface area contributed by atoms with Crippen LogP contribution >= 0.6 is 15.9 Å². The van der Waals surface area contributed by atoms with Crippen molar-refractivity contribution in [2.24, 2.45) is 5.34 Å². The van der Waals surface area contributed by atoms with E-state index in [-0.39, 0.29) is 0 Å². The van der Waals surface area contributed by atoms with Gasteiger partial charge in [0.2, 0.25) is 0 Å². The third kappa shape index (κ3) is 25.8. The molecule has 0 aromatic carbocycles. The van der Waals surface area contributed by atoms with Gasteiger partial charge in [-0.2, -0.15) is 0 Å². The first kappa shape index (κ1) is 13.5. The highest BCUT2D eigenvalue weighted by Gasteiger charge is 1.84. The number of hydrogen-bond donors (Lipinski definition) is 1. The molecule has 0 fully saturated rings. The molecular formula is C7H16BrNO2. The van der Waals surface area contributed by atoms with E-state index in [1.807, 2.05) is 0 Å². The Labute approximate surface area is 76.2 Å². The van der Waals surface area contributed by atoms with Gasteiger partial charge in [-0.3, -0.25) is 0 Å². The van der Waals surface area contributed by atoms with Crippen LogP contribution in [-0.2, 0) is 0 Å². The summed E-state index contributed by atoms with van der Waals surface area (Å²) in [6.07, 6.45) is 6.93. The van der Waals surface area contributed by atoms with Crippen molar-refractivity contribution in [1.29, 1.82) is 0 Å². The van der Waals surface area contributed by atoms with Gasteiger partial charge in [0, 0.05) is 5.33 Å². The molecule has 0 heterocycles. The average molecular weight is 226 g/mol. The van der Waals surface area contributed by atoms with Crippen LogP contribution in [0.2, 0.25) is 0 Å². The number of rotatable bonds is 5. The predicted octanol–water partition coefficient (Wildman–Crippen LogP) is 3.49. The van der Waals surface area contributed by atoms with Crippen LogP contribution in [0.25, 0.3) is 0 Å². The Morgan fingerprint density at radius 1 is 1.27 bits per heavy atom. The van der Waals surface area contributed by atoms with E-state index < -0.39 is 0 Å². The molecule has 0 radical (unpaired) electrons. The van der Waals surface area contributed by atoms with Gasteiger partial charge in [0.25, 0.3) is 0 Å². The van der Waals surface area contributed by atoms with Crippen molar-refractivity contribution in [1.82, 2.24) is 0 Å². The quantitative estimate of drug-likeness (QED) is 0.337. The Balaban J connectivity index is 0. The second-order valence-electron chi connectivity index (χ2n) is 2.18. The Bertz CT molecular complexity index is 65.5. The van der Waals surface area contributed by atoms with Crippen LogP contribution in [-0.4, -0.2) is 10.5 Å². The molecule has 0 aliphatic carbocycles. The van der Waals surface area contributed by atoms with Gasteiger partial charge in [0.15, 0.2) is 5.34 Å². The number of alkyl halides is 1. The van der Waals surface area contributed by atoms with Crippen LogP contribution in [0, 0.1) is 4.91 Å². The summed E-state index contributed by atoms with van der Waals surface area (Å²) in [5.41, 5.74) is 0. The van der Waals surface area contributed by atoms with Crippen molar-refractivity contribution >= 4 is 15.9 Å². The van der Waals surface area contributed by atoms with Gasteiger partial charge >= 0.3 is 0 Å². The molecule has 68 valence electrons. The van der Waals surface area contributed by atoms with E-state index in [1.165, 1.54) is 42.8 Å². The van der Waals surface area contributed by atoms with Crippen LogP contribution in [0.3, 0.4) is 0 Å². The van der Waals surface area contributed by atoms with Gasteiger partial charge in [0.05, 0.1) is 0 Å². The Kier molecular flexibility index (Phi) is 20.2. The van der Waals surface area contributed by atoms with E-state index in [0.29, 0.717) is 0 Å². The highest BCUT2D eigenvalue weighted by molar-refractivity contribution is 9.09. The van der Waals surface area contributed by atoms with Crippen molar-refractivity contribution in [3.63, 3.8) is 0 Å². The van der Waals surface area contributed by atoms with E-state index in [2.05, 4.69) is 22.9 Å². The SMILES string of the molecule is CCCCCCCBr.O=NO. The lowest BCUT2D eigenvalue weighted by Gasteiger charge is -1.93. The summed E-state index contributed by atoms with van der Waals surface area (Å²) >= 11 is 3.40. The fraction of sp³-hybridized carbons (Fsp3) is 1.00. The molecule has 0 aromatic rings. The van der Waals surface area contributed by atoms with Crippen LogP contribution in [0.5, 0.6) is 0 Å². The fourth-order valence-electron chi connectivity index (χ4n) is 0.698. The normalized spacial score (nSPS) is 8.18. The van der Waals surface area contributed by atoms with Gasteiger partial charge in [0.1, 0.15) is 0 Å². The minimum absolute atomic E-state index is 1.18. The summed E-state index contributed by atoms with van der Waals surface area (Å²) in [7, 11) is 0. The first-order valence-electron chi connectivity index (χ1n) is 3.86. The van der Waals surface area contributed by atoms with E-state index in [1.54, 1.807) is 0 Å². The van der Waals surface area contributed by atoms with Crippen LogP contribution < -0.4 is 0 Å². The van der Waals surface area contributed by atoms with E-state index >= 15 is 0 Å². The minimum Gasteiger partial charge on any atom is -0.379 e. The predicted molar refractivity (Wildman–Crippen MR) is 50.1 cm³/mol. The van der Waals surface area contributed by atoms with E-state index in [0.717, 1.165) is 0 Å². The van der Waals surface area contributed by atoms with E-state index in [9.17, 15) is 0 Å². The third-order valence-corrected chi connectivity index (χ3v) is 1.80. The maximum atomic E-state index is 8.11. The zero-order valence-corrected chi connectivity index (χ0v) is 8.51. The molecule has 0 aliphatic heterocycles. The van der Waals surface area contributed by atoms with E-state index in [4.69, 9.17) is 10.1 Å². The molecule has 0 saturated heterocycles. The number of nitrogens with zero attached hydrogens (tertiary/aromatic N) is 1. The molecule has 3 nitrogen and oxygen atoms in total. The topological polar surface area (TPSA) is 49.7 Å². The average Bonchev–Trinajstić information content (AvgIpc) is 2.00. The molecular weight excluding hydrogens is 210 g/mol. The highest BCUT2D eigenvalue weighted by Crippen LogP contribution is 2.03. The number of unbranched alkanes of at least 4 members (excludes halogenated alkanes) is 4. The Morgan fingerprint density at radius 3 is 2.09 bits per heavy atom. The molecule has 0 atom stereocenters. The van der Waals surface area contributed by atoms with Crippen molar-refractivity contribution in [3.05, 3.63) is 4.91 Å². The lowest BCUT2D eigenvalue weighted by molar-refractivity contribution is 0.312. The molecule has 0 rings (SSSR count). The maximum absolute atomic E-state index is 8.11. The lowest BCUT2D eigenvalue weighted by Crippen LogP contribution is -1.76. The van der Waals surface area contributed by atoms with Gasteiger partial charge < -0.3 is 5.21 Å². The summed E-state index contributed by atoms with van der Waals surface area (Å²) in [6.45, 7) is 2.24. The molecule has 0 aromatic heterocycles. The minimum atomic E-state index is 1.18. The zero-order chi connectivity index (χ0) is 8.95. The van der Waals surface area contributed by atoms with Crippen molar-refractivity contribution in [2.45, 2.75) is 39.0 Å². The smallest absolute Gasteiger partial charge is 0.152 e. The van der Waals surface area contributed by atoms with Crippen molar-refractivity contribution in [3.8, 4) is 0 Å². The molecule has 0 saturated carbocycles. The molecule has 0 spiro atoms. The fourth-order valence-corrected chi connectivity index (χ4v) is 1.09. The first-order chi connectivity index (χ1) is 5.33. The summed E-state index contributed by atoms with van der Waals surface area (Å²) < 4.78 is 0. The van der Waals surface area contributed by atoms with Crippen molar-refractivity contribution < 1.29 is 5.21 Å². The summed E-state index contributed by atoms with van der Waals surface area (Å²) in [5, 5.41) is 9.07. The molecule has 0 aliphatic rings. The second-order valence-corrected chi connectivity index (χ2v) is 2.98. The third-order valence-electron chi connectivity index (χ3n) is 1.24. The van der Waals surface area contributed by atoms with Crippen molar-refractivity contribution in [2.75, 3.05) is 5.33 Å². The number of halogens is 1. The lowest BCUT2D eigenvalue weighted by atomic mass is 10.2. The molecule has 11 heavy (non-hydrogen) atoms.